The van der Waals surface area contributed by atoms with E-state index in [1.54, 1.807) is 11.3 Å². The van der Waals surface area contributed by atoms with Crippen LogP contribution in [0, 0.1) is 0 Å². The normalized spacial score (nSPS) is 10.2. The highest BCUT2D eigenvalue weighted by molar-refractivity contribution is 7.98. The lowest BCUT2D eigenvalue weighted by Gasteiger charge is -1.94. The Morgan fingerprint density at radius 1 is 1.58 bits per heavy atom. The lowest BCUT2D eigenvalue weighted by atomic mass is 10.6. The average molecular weight is 202 g/mol. The van der Waals surface area contributed by atoms with Gasteiger partial charge in [-0.3, -0.25) is 0 Å². The van der Waals surface area contributed by atoms with Crippen LogP contribution in [0.15, 0.2) is 6.20 Å². The highest BCUT2D eigenvalue weighted by Crippen LogP contribution is 2.22. The number of hydrogen-bond donors (Lipinski definition) is 1. The molecule has 1 rings (SSSR count). The maximum atomic E-state index is 4.25. The van der Waals surface area contributed by atoms with Crippen LogP contribution in [0.25, 0.3) is 0 Å². The number of hydrogen-bond acceptors (Lipinski definition) is 4. The number of anilines is 1. The van der Waals surface area contributed by atoms with Crippen LogP contribution in [0.2, 0.25) is 0 Å². The highest BCUT2D eigenvalue weighted by atomic mass is 32.2. The van der Waals surface area contributed by atoms with Gasteiger partial charge in [-0.25, -0.2) is 4.98 Å². The van der Waals surface area contributed by atoms with Gasteiger partial charge < -0.3 is 5.32 Å². The van der Waals surface area contributed by atoms with Gasteiger partial charge in [0.2, 0.25) is 0 Å². The van der Waals surface area contributed by atoms with E-state index in [-0.39, 0.29) is 0 Å². The minimum Gasteiger partial charge on any atom is -0.362 e. The van der Waals surface area contributed by atoms with Gasteiger partial charge in [-0.1, -0.05) is 6.92 Å². The van der Waals surface area contributed by atoms with E-state index in [1.807, 2.05) is 18.0 Å². The van der Waals surface area contributed by atoms with Gasteiger partial charge >= 0.3 is 0 Å². The van der Waals surface area contributed by atoms with Gasteiger partial charge in [-0.15, -0.1) is 11.3 Å². The van der Waals surface area contributed by atoms with Gasteiger partial charge in [-0.05, 0) is 12.7 Å². The molecule has 1 N–H and O–H groups in total. The third-order valence-electron chi connectivity index (χ3n) is 1.33. The highest BCUT2D eigenvalue weighted by Gasteiger charge is 1.99. The molecule has 1 aromatic rings. The van der Waals surface area contributed by atoms with Crippen molar-refractivity contribution >= 4 is 28.2 Å². The Morgan fingerprint density at radius 2 is 2.42 bits per heavy atom. The minimum absolute atomic E-state index is 0.952. The number of rotatable bonds is 5. The molecule has 0 aliphatic heterocycles. The fraction of sp³-hybridized carbons (Fsp3) is 0.625. The molecule has 0 fully saturated rings. The Morgan fingerprint density at radius 3 is 3.08 bits per heavy atom. The Kier molecular flexibility index (Phi) is 4.46. The zero-order chi connectivity index (χ0) is 8.81. The molecule has 0 aliphatic carbocycles. The van der Waals surface area contributed by atoms with Crippen molar-refractivity contribution in [3.63, 3.8) is 0 Å². The van der Waals surface area contributed by atoms with Crippen molar-refractivity contribution in [2.75, 3.05) is 17.6 Å². The number of nitrogens with zero attached hydrogens (tertiary/aromatic N) is 1. The molecule has 0 spiro atoms. The average Bonchev–Trinajstić information content (AvgIpc) is 2.50. The second kappa shape index (κ2) is 5.43. The van der Waals surface area contributed by atoms with Gasteiger partial charge in [0.05, 0.1) is 0 Å². The molecular weight excluding hydrogens is 188 g/mol. The maximum absolute atomic E-state index is 4.25. The predicted molar refractivity (Wildman–Crippen MR) is 58.1 cm³/mol. The monoisotopic (exact) mass is 202 g/mol. The summed E-state index contributed by atoms with van der Waals surface area (Å²) in [6, 6.07) is 0. The Labute approximate surface area is 81.8 Å². The molecule has 2 nitrogen and oxygen atoms in total. The summed E-state index contributed by atoms with van der Waals surface area (Å²) >= 11 is 3.69. The van der Waals surface area contributed by atoms with Crippen molar-refractivity contribution in [1.29, 1.82) is 0 Å². The van der Waals surface area contributed by atoms with Crippen LogP contribution in [0.5, 0.6) is 0 Å². The Bertz CT molecular complexity index is 223. The van der Waals surface area contributed by atoms with Crippen molar-refractivity contribution in [2.45, 2.75) is 19.6 Å². The zero-order valence-electron chi connectivity index (χ0n) is 7.46. The van der Waals surface area contributed by atoms with E-state index < -0.39 is 0 Å². The minimum atomic E-state index is 0.952. The molecule has 0 aromatic carbocycles. The molecule has 0 saturated carbocycles. The van der Waals surface area contributed by atoms with Crippen LogP contribution in [-0.2, 0) is 5.75 Å². The summed E-state index contributed by atoms with van der Waals surface area (Å²) in [6.07, 6.45) is 1.96. The molecule has 4 heteroatoms. The fourth-order valence-corrected chi connectivity index (χ4v) is 2.45. The van der Waals surface area contributed by atoms with Crippen molar-refractivity contribution in [1.82, 2.24) is 4.98 Å². The van der Waals surface area contributed by atoms with E-state index >= 15 is 0 Å². The first-order valence-electron chi connectivity index (χ1n) is 4.13. The van der Waals surface area contributed by atoms with E-state index in [2.05, 4.69) is 24.1 Å². The van der Waals surface area contributed by atoms with Gasteiger partial charge in [0.25, 0.3) is 0 Å². The summed E-state index contributed by atoms with van der Waals surface area (Å²) in [7, 11) is 0. The topological polar surface area (TPSA) is 24.9 Å². The molecule has 0 atom stereocenters. The van der Waals surface area contributed by atoms with Gasteiger partial charge in [0.15, 0.2) is 5.13 Å². The van der Waals surface area contributed by atoms with Crippen LogP contribution in [0.4, 0.5) is 5.13 Å². The third kappa shape index (κ3) is 3.03. The van der Waals surface area contributed by atoms with Crippen LogP contribution >= 0.6 is 23.1 Å². The Balaban J connectivity index is 2.41. The molecule has 0 amide bonds. The molecule has 12 heavy (non-hydrogen) atoms. The molecule has 0 unspecified atom stereocenters. The van der Waals surface area contributed by atoms with E-state index in [4.69, 9.17) is 0 Å². The first kappa shape index (κ1) is 9.86. The predicted octanol–water partition coefficient (Wildman–Crippen LogP) is 2.83. The first-order chi connectivity index (χ1) is 5.86. The largest absolute Gasteiger partial charge is 0.362 e. The van der Waals surface area contributed by atoms with Crippen molar-refractivity contribution in [3.8, 4) is 0 Å². The van der Waals surface area contributed by atoms with Crippen molar-refractivity contribution in [2.24, 2.45) is 0 Å². The molecule has 1 heterocycles. The van der Waals surface area contributed by atoms with Gasteiger partial charge in [-0.2, -0.15) is 11.8 Å². The fourth-order valence-electron chi connectivity index (χ4n) is 0.810. The van der Waals surface area contributed by atoms with Gasteiger partial charge in [0.1, 0.15) is 0 Å². The maximum Gasteiger partial charge on any atom is 0.182 e. The zero-order valence-corrected chi connectivity index (χ0v) is 9.10. The quantitative estimate of drug-likeness (QED) is 0.794. The number of nitrogens with one attached hydrogen (secondary N) is 1. The standard InChI is InChI=1S/C8H14N2S2/c1-3-9-8-10-5-7(12-8)6-11-4-2/h5H,3-4,6H2,1-2H3,(H,9,10). The van der Waals surface area contributed by atoms with E-state index in [0.29, 0.717) is 0 Å². The first-order valence-corrected chi connectivity index (χ1v) is 6.10. The van der Waals surface area contributed by atoms with E-state index in [0.717, 1.165) is 17.4 Å². The van der Waals surface area contributed by atoms with Gasteiger partial charge in [0, 0.05) is 23.4 Å². The second-order valence-electron chi connectivity index (χ2n) is 2.30. The van der Waals surface area contributed by atoms with E-state index in [9.17, 15) is 0 Å². The molecule has 0 radical (unpaired) electrons. The summed E-state index contributed by atoms with van der Waals surface area (Å²) in [5.74, 6) is 2.27. The summed E-state index contributed by atoms with van der Waals surface area (Å²) in [4.78, 5) is 5.61. The molecule has 0 aliphatic rings. The Hall–Kier alpha value is -0.220. The SMILES string of the molecule is CCNc1ncc(CSCC)s1. The number of thiazole rings is 1. The molecule has 0 saturated heterocycles. The van der Waals surface area contributed by atoms with Crippen molar-refractivity contribution in [3.05, 3.63) is 11.1 Å². The second-order valence-corrected chi connectivity index (χ2v) is 4.69. The van der Waals surface area contributed by atoms with Crippen LogP contribution in [-0.4, -0.2) is 17.3 Å². The molecule has 0 bridgehead atoms. The molecule has 68 valence electrons. The molecular formula is C8H14N2S2. The third-order valence-corrected chi connectivity index (χ3v) is 3.39. The smallest absolute Gasteiger partial charge is 0.182 e. The van der Waals surface area contributed by atoms with Crippen LogP contribution in [0.1, 0.15) is 18.7 Å². The molecule has 1 aromatic heterocycles. The number of thioether (sulfide) groups is 1. The van der Waals surface area contributed by atoms with Crippen LogP contribution in [0.3, 0.4) is 0 Å². The van der Waals surface area contributed by atoms with E-state index in [1.165, 1.54) is 10.6 Å². The lowest BCUT2D eigenvalue weighted by Crippen LogP contribution is -1.94. The number of aromatic nitrogens is 1. The summed E-state index contributed by atoms with van der Waals surface area (Å²) in [5, 5.41) is 4.25. The summed E-state index contributed by atoms with van der Waals surface area (Å²) in [6.45, 7) is 5.21. The van der Waals surface area contributed by atoms with Crippen LogP contribution < -0.4 is 5.32 Å². The van der Waals surface area contributed by atoms with Crippen molar-refractivity contribution < 1.29 is 0 Å². The summed E-state index contributed by atoms with van der Waals surface area (Å²) in [5.41, 5.74) is 0. The summed E-state index contributed by atoms with van der Waals surface area (Å²) < 4.78 is 0. The lowest BCUT2D eigenvalue weighted by molar-refractivity contribution is 1.19.